The number of phenolic OH excluding ortho intramolecular Hbond substituents is 1. The van der Waals surface area contributed by atoms with Crippen LogP contribution in [-0.4, -0.2) is 30.6 Å². The van der Waals surface area contributed by atoms with E-state index in [4.69, 9.17) is 4.42 Å². The molecule has 0 spiro atoms. The third-order valence-corrected chi connectivity index (χ3v) is 5.34. The van der Waals surface area contributed by atoms with Crippen LogP contribution in [0.1, 0.15) is 35.2 Å². The second-order valence-corrected chi connectivity index (χ2v) is 7.02. The predicted octanol–water partition coefficient (Wildman–Crippen LogP) is 3.85. The van der Waals surface area contributed by atoms with Crippen LogP contribution >= 0.6 is 0 Å². The Morgan fingerprint density at radius 1 is 1.19 bits per heavy atom. The standard InChI is InChI=1S/C22H24N2O3/c1-23-22(26)20-19-16(12-13-24-15-8-5-9-15)17(25)10-11-18(19)27-21(20)14-6-3-2-4-7-14/h2-4,6-7,10-11,15,24-25H,5,8-9,12-13H2,1H3,(H,23,26). The zero-order valence-electron chi connectivity index (χ0n) is 15.4. The van der Waals surface area contributed by atoms with E-state index in [1.165, 1.54) is 19.3 Å². The number of hydrogen-bond donors (Lipinski definition) is 3. The summed E-state index contributed by atoms with van der Waals surface area (Å²) in [5.74, 6) is 0.513. The number of aromatic hydroxyl groups is 1. The van der Waals surface area contributed by atoms with Gasteiger partial charge in [-0.1, -0.05) is 36.8 Å². The second-order valence-electron chi connectivity index (χ2n) is 7.02. The molecule has 1 aromatic heterocycles. The highest BCUT2D eigenvalue weighted by atomic mass is 16.3. The van der Waals surface area contributed by atoms with Crippen LogP contribution < -0.4 is 10.6 Å². The molecule has 4 rings (SSSR count). The molecule has 5 nitrogen and oxygen atoms in total. The van der Waals surface area contributed by atoms with Gasteiger partial charge in [-0.05, 0) is 37.9 Å². The molecule has 1 fully saturated rings. The van der Waals surface area contributed by atoms with E-state index in [1.54, 1.807) is 19.2 Å². The molecule has 0 atom stereocenters. The van der Waals surface area contributed by atoms with Crippen LogP contribution in [0, 0.1) is 0 Å². The summed E-state index contributed by atoms with van der Waals surface area (Å²) < 4.78 is 6.07. The largest absolute Gasteiger partial charge is 0.508 e. The Bertz CT molecular complexity index is 959. The fraction of sp³-hybridized carbons (Fsp3) is 0.318. The Kier molecular flexibility index (Phi) is 4.86. The smallest absolute Gasteiger partial charge is 0.255 e. The molecule has 5 heteroatoms. The van der Waals surface area contributed by atoms with E-state index in [0.29, 0.717) is 34.8 Å². The van der Waals surface area contributed by atoms with Gasteiger partial charge in [0.05, 0.1) is 5.56 Å². The summed E-state index contributed by atoms with van der Waals surface area (Å²) in [5.41, 5.74) is 2.69. The minimum absolute atomic E-state index is 0.198. The van der Waals surface area contributed by atoms with Crippen molar-refractivity contribution < 1.29 is 14.3 Å². The topological polar surface area (TPSA) is 74.5 Å². The molecule has 1 amide bonds. The van der Waals surface area contributed by atoms with Gasteiger partial charge in [0.25, 0.3) is 5.91 Å². The maximum absolute atomic E-state index is 12.7. The molecule has 1 aliphatic rings. The van der Waals surface area contributed by atoms with E-state index in [1.807, 2.05) is 30.3 Å². The van der Waals surface area contributed by atoms with Crippen molar-refractivity contribution >= 4 is 16.9 Å². The fourth-order valence-corrected chi connectivity index (χ4v) is 3.65. The molecule has 0 aliphatic heterocycles. The van der Waals surface area contributed by atoms with Gasteiger partial charge in [-0.25, -0.2) is 0 Å². The number of fused-ring (bicyclic) bond motifs is 1. The molecule has 0 radical (unpaired) electrons. The highest BCUT2D eigenvalue weighted by molar-refractivity contribution is 6.12. The van der Waals surface area contributed by atoms with Crippen LogP contribution in [0.25, 0.3) is 22.3 Å². The quantitative estimate of drug-likeness (QED) is 0.621. The maximum Gasteiger partial charge on any atom is 0.255 e. The lowest BCUT2D eigenvalue weighted by molar-refractivity contribution is 0.0964. The SMILES string of the molecule is CNC(=O)c1c(-c2ccccc2)oc2ccc(O)c(CCNC3CCC3)c12. The first-order valence-corrected chi connectivity index (χ1v) is 9.47. The first-order chi connectivity index (χ1) is 13.2. The molecule has 0 bridgehead atoms. The maximum atomic E-state index is 12.7. The zero-order valence-corrected chi connectivity index (χ0v) is 15.4. The number of carbonyl (C=O) groups is 1. The Morgan fingerprint density at radius 3 is 2.63 bits per heavy atom. The van der Waals surface area contributed by atoms with Gasteiger partial charge in [0.2, 0.25) is 0 Å². The minimum atomic E-state index is -0.216. The number of rotatable bonds is 6. The van der Waals surface area contributed by atoms with Gasteiger partial charge in [0.1, 0.15) is 17.1 Å². The van der Waals surface area contributed by atoms with Crippen LogP contribution in [0.15, 0.2) is 46.9 Å². The highest BCUT2D eigenvalue weighted by Crippen LogP contribution is 2.38. The van der Waals surface area contributed by atoms with Crippen LogP contribution in [0.5, 0.6) is 5.75 Å². The van der Waals surface area contributed by atoms with Crippen LogP contribution in [0.2, 0.25) is 0 Å². The normalized spacial score (nSPS) is 14.3. The number of carbonyl (C=O) groups excluding carboxylic acids is 1. The molecule has 2 aromatic carbocycles. The van der Waals surface area contributed by atoms with Gasteiger partial charge in [-0.3, -0.25) is 4.79 Å². The van der Waals surface area contributed by atoms with Gasteiger partial charge in [-0.15, -0.1) is 0 Å². The summed E-state index contributed by atoms with van der Waals surface area (Å²) in [5, 5.41) is 17.4. The van der Waals surface area contributed by atoms with Gasteiger partial charge < -0.3 is 20.2 Å². The van der Waals surface area contributed by atoms with E-state index >= 15 is 0 Å². The molecule has 1 heterocycles. The number of nitrogens with one attached hydrogen (secondary N) is 2. The van der Waals surface area contributed by atoms with E-state index in [-0.39, 0.29) is 11.7 Å². The highest BCUT2D eigenvalue weighted by Gasteiger charge is 2.25. The van der Waals surface area contributed by atoms with Crippen molar-refractivity contribution in [2.45, 2.75) is 31.7 Å². The van der Waals surface area contributed by atoms with Gasteiger partial charge in [-0.2, -0.15) is 0 Å². The third kappa shape index (κ3) is 3.30. The summed E-state index contributed by atoms with van der Waals surface area (Å²) in [6, 6.07) is 13.5. The lowest BCUT2D eigenvalue weighted by atomic mass is 9.93. The zero-order chi connectivity index (χ0) is 18.8. The van der Waals surface area contributed by atoms with Crippen molar-refractivity contribution in [3.8, 4) is 17.1 Å². The summed E-state index contributed by atoms with van der Waals surface area (Å²) in [7, 11) is 1.61. The van der Waals surface area contributed by atoms with Crippen molar-refractivity contribution in [3.05, 3.63) is 53.6 Å². The Labute approximate surface area is 158 Å². The second kappa shape index (κ2) is 7.45. The molecule has 3 N–H and O–H groups in total. The molecule has 0 unspecified atom stereocenters. The molecule has 27 heavy (non-hydrogen) atoms. The van der Waals surface area contributed by atoms with E-state index in [9.17, 15) is 9.90 Å². The number of phenols is 1. The fourth-order valence-electron chi connectivity index (χ4n) is 3.65. The van der Waals surface area contributed by atoms with Gasteiger partial charge in [0, 0.05) is 29.6 Å². The molecule has 140 valence electrons. The van der Waals surface area contributed by atoms with Crippen LogP contribution in [-0.2, 0) is 6.42 Å². The van der Waals surface area contributed by atoms with Gasteiger partial charge >= 0.3 is 0 Å². The lowest BCUT2D eigenvalue weighted by Gasteiger charge is -2.26. The van der Waals surface area contributed by atoms with Crippen molar-refractivity contribution in [2.75, 3.05) is 13.6 Å². The minimum Gasteiger partial charge on any atom is -0.508 e. The van der Waals surface area contributed by atoms with Crippen molar-refractivity contribution in [1.29, 1.82) is 0 Å². The first-order valence-electron chi connectivity index (χ1n) is 9.47. The van der Waals surface area contributed by atoms with E-state index in [2.05, 4.69) is 10.6 Å². The van der Waals surface area contributed by atoms with Crippen LogP contribution in [0.3, 0.4) is 0 Å². The lowest BCUT2D eigenvalue weighted by Crippen LogP contribution is -2.36. The Balaban J connectivity index is 1.80. The predicted molar refractivity (Wildman–Crippen MR) is 106 cm³/mol. The first kappa shape index (κ1) is 17.6. The van der Waals surface area contributed by atoms with Crippen molar-refractivity contribution in [1.82, 2.24) is 10.6 Å². The summed E-state index contributed by atoms with van der Waals surface area (Å²) in [6.45, 7) is 0.760. The number of amides is 1. The molecule has 3 aromatic rings. The summed E-state index contributed by atoms with van der Waals surface area (Å²) >= 11 is 0. The van der Waals surface area contributed by atoms with Gasteiger partial charge in [0.15, 0.2) is 0 Å². The monoisotopic (exact) mass is 364 g/mol. The van der Waals surface area contributed by atoms with Crippen LogP contribution in [0.4, 0.5) is 0 Å². The average Bonchev–Trinajstić information content (AvgIpc) is 3.05. The van der Waals surface area contributed by atoms with Crippen molar-refractivity contribution in [2.24, 2.45) is 0 Å². The third-order valence-electron chi connectivity index (χ3n) is 5.34. The molecular weight excluding hydrogens is 340 g/mol. The van der Waals surface area contributed by atoms with E-state index < -0.39 is 0 Å². The molecule has 1 saturated carbocycles. The number of hydrogen-bond acceptors (Lipinski definition) is 4. The number of benzene rings is 2. The molecule has 1 aliphatic carbocycles. The number of furan rings is 1. The summed E-state index contributed by atoms with van der Waals surface area (Å²) in [6.07, 6.45) is 4.34. The van der Waals surface area contributed by atoms with E-state index in [0.717, 1.165) is 17.7 Å². The summed E-state index contributed by atoms with van der Waals surface area (Å²) in [4.78, 5) is 12.7. The molecule has 0 saturated heterocycles. The van der Waals surface area contributed by atoms with Crippen molar-refractivity contribution in [3.63, 3.8) is 0 Å². The Hall–Kier alpha value is -2.79. The molecular formula is C22H24N2O3. The Morgan fingerprint density at radius 2 is 1.96 bits per heavy atom. The average molecular weight is 364 g/mol.